The molecule has 0 aliphatic carbocycles. The number of rotatable bonds is 20. The number of anilines is 4. The third kappa shape index (κ3) is 14.8. The number of halogens is 1. The van der Waals surface area contributed by atoms with E-state index in [0.29, 0.717) is 36.4 Å². The van der Waals surface area contributed by atoms with Crippen LogP contribution in [0.15, 0.2) is 83.2 Å². The Hall–Kier alpha value is -5.48. The van der Waals surface area contributed by atoms with Crippen LogP contribution in [0.3, 0.4) is 0 Å². The number of azo groups is 1. The highest BCUT2D eigenvalue weighted by Crippen LogP contribution is 2.46. The van der Waals surface area contributed by atoms with Crippen molar-refractivity contribution in [2.24, 2.45) is 10.2 Å². The Morgan fingerprint density at radius 1 is 0.563 bits per heavy atom. The van der Waals surface area contributed by atoms with Gasteiger partial charge in [-0.25, -0.2) is 25.2 Å². The Labute approximate surface area is 404 Å². The van der Waals surface area contributed by atoms with Crippen LogP contribution in [0.2, 0.25) is 5.28 Å². The summed E-state index contributed by atoms with van der Waals surface area (Å²) in [5, 5.41) is 31.5. The lowest BCUT2D eigenvalue weighted by atomic mass is 10.1. The molecule has 0 bridgehead atoms. The number of phenols is 2. The summed E-state index contributed by atoms with van der Waals surface area (Å²) < 4.78 is 258. The number of hydrogen-bond acceptors (Lipinski definition) is 27. The fourth-order valence-corrected chi connectivity index (χ4v) is 11.7. The fraction of sp³-hybridized carbons (Fsp3) is 0.138. The van der Waals surface area contributed by atoms with Crippen LogP contribution in [0, 0.1) is 0 Å². The molecule has 0 amide bonds. The first-order valence-corrected chi connectivity index (χ1v) is 29.8. The van der Waals surface area contributed by atoms with Crippen LogP contribution < -0.4 is 10.6 Å². The van der Waals surface area contributed by atoms with Gasteiger partial charge in [0.2, 0.25) is 17.2 Å². The average molecular weight is 1180 g/mol. The van der Waals surface area contributed by atoms with E-state index in [0.717, 1.165) is 6.07 Å². The van der Waals surface area contributed by atoms with Gasteiger partial charge in [0, 0.05) is 5.39 Å². The molecule has 4 aromatic carbocycles. The van der Waals surface area contributed by atoms with E-state index in [4.69, 9.17) is 20.7 Å². The number of fused-ring (bicyclic) bond motifs is 1. The molecule has 10 N–H and O–H groups in total. The summed E-state index contributed by atoms with van der Waals surface area (Å²) in [6.45, 7) is -1.22. The van der Waals surface area contributed by atoms with E-state index in [2.05, 4.69) is 44.2 Å². The summed E-state index contributed by atoms with van der Waals surface area (Å²) in [5.74, 6) is -8.61. The standard InChI is InChI=1S/C29H26ClN7O26S8/c30-27-33-28(35-29(34-27)32-19-8-15(10-22(25(19)38)69(53,54)55)65(42,43)4-3-62-70(56,57)58)31-18-9-16(66(44,45)46)6-14-7-21(68(50,51)52)24(26(39)23(14)18)37-36-17-2-1-13(5-20(17)67(47,48)49)11-64(40,41)12-63-71(59,60)61/h1-2,5-10,38-39H,3-4,11-12H2,(H,44,45,46)(H,47,48,49)(H,50,51,52)(H,53,54,55)(H,56,57,58)(H,59,60,61)(H2,31,32,33,34,35). The summed E-state index contributed by atoms with van der Waals surface area (Å²) in [5.41, 5.74) is -4.44. The van der Waals surface area contributed by atoms with Crippen LogP contribution in [0.5, 0.6) is 11.5 Å². The quantitative estimate of drug-likeness (QED) is 0.0298. The number of aromatic hydroxyl groups is 2. The Morgan fingerprint density at radius 3 is 1.65 bits per heavy atom. The van der Waals surface area contributed by atoms with Gasteiger partial charge in [-0.2, -0.15) is 65.5 Å². The number of nitrogens with zero attached hydrogens (tertiary/aromatic N) is 5. The zero-order chi connectivity index (χ0) is 53.7. The smallest absolute Gasteiger partial charge is 0.398 e. The van der Waals surface area contributed by atoms with Crippen LogP contribution in [0.4, 0.5) is 34.6 Å². The van der Waals surface area contributed by atoms with Gasteiger partial charge in [0.1, 0.15) is 26.1 Å². The van der Waals surface area contributed by atoms with Gasteiger partial charge in [-0.1, -0.05) is 6.07 Å². The van der Waals surface area contributed by atoms with Crippen molar-refractivity contribution in [3.05, 3.63) is 59.4 Å². The topological polar surface area (TPSA) is 541 Å². The Morgan fingerprint density at radius 2 is 1.11 bits per heavy atom. The lowest BCUT2D eigenvalue weighted by Crippen LogP contribution is -2.16. The lowest BCUT2D eigenvalue weighted by molar-refractivity contribution is 0.283. The van der Waals surface area contributed by atoms with Gasteiger partial charge >= 0.3 is 20.8 Å². The van der Waals surface area contributed by atoms with Gasteiger partial charge in [0.15, 0.2) is 37.1 Å². The molecular weight excluding hydrogens is 1150 g/mol. The minimum Gasteiger partial charge on any atom is -0.505 e. The number of hydrogen-bond donors (Lipinski definition) is 10. The van der Waals surface area contributed by atoms with E-state index in [1.54, 1.807) is 0 Å². The second-order valence-corrected chi connectivity index (χ2v) is 25.7. The van der Waals surface area contributed by atoms with Crippen LogP contribution in [0.25, 0.3) is 10.8 Å². The molecule has 0 aliphatic rings. The molecule has 388 valence electrons. The molecule has 5 rings (SSSR count). The van der Waals surface area contributed by atoms with E-state index in [1.807, 2.05) is 0 Å². The normalized spacial score (nSPS) is 13.5. The SMILES string of the molecule is O=S(=O)(COS(=O)(=O)O)Cc1ccc(N=Nc2c(S(=O)(=O)O)cc3cc(S(=O)(=O)O)cc(Nc4nc(Cl)nc(Nc5cc(S(=O)(=O)CCOS(=O)(=O)O)cc(S(=O)(=O)O)c5O)n4)c3c2O)c(S(=O)(=O)O)c1. The van der Waals surface area contributed by atoms with E-state index < -0.39 is 197 Å². The molecule has 1 heterocycles. The van der Waals surface area contributed by atoms with Gasteiger partial charge in [0.25, 0.3) is 40.5 Å². The average Bonchev–Trinajstić information content (AvgIpc) is 3.18. The van der Waals surface area contributed by atoms with Gasteiger partial charge in [-0.3, -0.25) is 27.3 Å². The number of benzene rings is 4. The van der Waals surface area contributed by atoms with Crippen molar-refractivity contribution in [3.63, 3.8) is 0 Å². The third-order valence-corrected chi connectivity index (χ3v) is 15.9. The lowest BCUT2D eigenvalue weighted by Gasteiger charge is -2.16. The zero-order valence-corrected chi connectivity index (χ0v) is 41.0. The monoisotopic (exact) mass is 1180 g/mol. The molecule has 1 aromatic heterocycles. The van der Waals surface area contributed by atoms with Gasteiger partial charge in [-0.05, 0) is 65.0 Å². The highest BCUT2D eigenvalue weighted by Gasteiger charge is 2.29. The molecule has 5 aromatic rings. The molecule has 0 spiro atoms. The predicted molar refractivity (Wildman–Crippen MR) is 235 cm³/mol. The van der Waals surface area contributed by atoms with E-state index in [9.17, 15) is 95.8 Å². The molecule has 42 heteroatoms. The van der Waals surface area contributed by atoms with Crippen molar-refractivity contribution in [3.8, 4) is 11.5 Å². The molecule has 0 saturated heterocycles. The van der Waals surface area contributed by atoms with Crippen LogP contribution >= 0.6 is 11.6 Å². The minimum atomic E-state index is -5.60. The molecule has 0 unspecified atom stereocenters. The number of nitrogens with one attached hydrogen (secondary N) is 2. The maximum absolute atomic E-state index is 13.0. The van der Waals surface area contributed by atoms with Crippen molar-refractivity contribution < 1.29 is 113 Å². The summed E-state index contributed by atoms with van der Waals surface area (Å²) in [6, 6.07) is 4.20. The van der Waals surface area contributed by atoms with E-state index in [1.165, 1.54) is 0 Å². The van der Waals surface area contributed by atoms with Crippen LogP contribution in [-0.2, 0) is 95.1 Å². The molecule has 0 radical (unpaired) electrons. The largest absolute Gasteiger partial charge is 0.505 e. The number of phenolic OH excluding ortho intramolecular Hbond substituents is 2. The first-order chi connectivity index (χ1) is 32.1. The highest BCUT2D eigenvalue weighted by molar-refractivity contribution is 7.92. The first-order valence-electron chi connectivity index (χ1n) is 17.4. The zero-order valence-electron chi connectivity index (χ0n) is 33.8. The molecule has 71 heavy (non-hydrogen) atoms. The highest BCUT2D eigenvalue weighted by atomic mass is 35.5. The first kappa shape index (κ1) is 56.4. The van der Waals surface area contributed by atoms with Crippen LogP contribution in [-0.4, -0.2) is 138 Å². The predicted octanol–water partition coefficient (Wildman–Crippen LogP) is 1.26. The van der Waals surface area contributed by atoms with Crippen molar-refractivity contribution >= 4 is 138 Å². The molecule has 0 fully saturated rings. The van der Waals surface area contributed by atoms with Crippen LogP contribution in [0.1, 0.15) is 5.56 Å². The van der Waals surface area contributed by atoms with Crippen molar-refractivity contribution in [1.29, 1.82) is 0 Å². The maximum Gasteiger partial charge on any atom is 0.398 e. The summed E-state index contributed by atoms with van der Waals surface area (Å²) in [6.07, 6.45) is 0. The van der Waals surface area contributed by atoms with E-state index in [-0.39, 0.29) is 6.07 Å². The van der Waals surface area contributed by atoms with Crippen molar-refractivity contribution in [2.45, 2.75) is 30.2 Å². The molecule has 0 saturated carbocycles. The second kappa shape index (κ2) is 19.8. The minimum absolute atomic E-state index is 0.240. The number of sulfone groups is 2. The fourth-order valence-electron chi connectivity index (χ4n) is 5.60. The summed E-state index contributed by atoms with van der Waals surface area (Å²) >= 11 is 6.04. The second-order valence-electron chi connectivity index (χ2n) is 13.5. The Kier molecular flexibility index (Phi) is 15.8. The Bertz CT molecular complexity index is 4010. The molecule has 33 nitrogen and oxygen atoms in total. The van der Waals surface area contributed by atoms with Gasteiger partial charge < -0.3 is 20.8 Å². The summed E-state index contributed by atoms with van der Waals surface area (Å²) in [4.78, 5) is 4.93. The molecular formula is C29H26ClN7O26S8. The molecule has 0 aliphatic heterocycles. The number of aromatic nitrogens is 3. The van der Waals surface area contributed by atoms with Gasteiger partial charge in [-0.15, -0.1) is 10.2 Å². The Balaban J connectivity index is 1.66. The maximum atomic E-state index is 13.0. The summed E-state index contributed by atoms with van der Waals surface area (Å²) in [7, 11) is -41.7. The molecule has 0 atom stereocenters. The van der Waals surface area contributed by atoms with Crippen molar-refractivity contribution in [1.82, 2.24) is 15.0 Å². The van der Waals surface area contributed by atoms with Gasteiger partial charge in [0.05, 0.1) is 39.3 Å². The third-order valence-electron chi connectivity index (χ3n) is 8.39. The van der Waals surface area contributed by atoms with E-state index >= 15 is 0 Å². The van der Waals surface area contributed by atoms with Crippen molar-refractivity contribution in [2.75, 3.05) is 28.9 Å².